The lowest BCUT2D eigenvalue weighted by Crippen LogP contribution is -2.44. The Balaban J connectivity index is 2.10. The molecule has 3 unspecified atom stereocenters. The molecule has 0 aliphatic carbocycles. The van der Waals surface area contributed by atoms with E-state index in [1.54, 1.807) is 0 Å². The Bertz CT molecular complexity index is 395. The van der Waals surface area contributed by atoms with Gasteiger partial charge >= 0.3 is 0 Å². The molecule has 1 fully saturated rings. The van der Waals surface area contributed by atoms with Gasteiger partial charge in [0.1, 0.15) is 0 Å². The topological polar surface area (TPSA) is 45.4 Å². The average molecular weight is 276 g/mol. The van der Waals surface area contributed by atoms with Crippen LogP contribution in [0.4, 0.5) is 0 Å². The van der Waals surface area contributed by atoms with Crippen LogP contribution in [0.1, 0.15) is 37.8 Å². The van der Waals surface area contributed by atoms with Gasteiger partial charge < -0.3 is 10.6 Å². The molecule has 3 atom stereocenters. The minimum atomic E-state index is 0.161. The van der Waals surface area contributed by atoms with Crippen molar-refractivity contribution in [3.05, 3.63) is 30.1 Å². The van der Waals surface area contributed by atoms with Crippen LogP contribution in [-0.4, -0.2) is 54.1 Å². The molecule has 1 saturated heterocycles. The number of aromatic nitrogens is 1. The zero-order valence-corrected chi connectivity index (χ0v) is 13.0. The first-order valence-corrected chi connectivity index (χ1v) is 7.69. The summed E-state index contributed by atoms with van der Waals surface area (Å²) in [6.45, 7) is 4.46. The number of rotatable bonds is 6. The van der Waals surface area contributed by atoms with Gasteiger partial charge in [-0.2, -0.15) is 0 Å². The number of nitrogens with zero attached hydrogens (tertiary/aromatic N) is 3. The van der Waals surface area contributed by atoms with Crippen LogP contribution in [0.25, 0.3) is 0 Å². The molecule has 0 radical (unpaired) electrons. The van der Waals surface area contributed by atoms with E-state index in [9.17, 15) is 0 Å². The van der Waals surface area contributed by atoms with Crippen molar-refractivity contribution in [2.75, 3.05) is 27.2 Å². The first-order chi connectivity index (χ1) is 9.63. The third-order valence-corrected chi connectivity index (χ3v) is 4.57. The van der Waals surface area contributed by atoms with Crippen molar-refractivity contribution in [1.29, 1.82) is 0 Å². The first-order valence-electron chi connectivity index (χ1n) is 7.69. The smallest absolute Gasteiger partial charge is 0.0497 e. The van der Waals surface area contributed by atoms with Gasteiger partial charge in [-0.15, -0.1) is 0 Å². The Morgan fingerprint density at radius 1 is 1.45 bits per heavy atom. The van der Waals surface area contributed by atoms with Crippen molar-refractivity contribution in [2.24, 2.45) is 5.73 Å². The number of hydrogen-bond acceptors (Lipinski definition) is 4. The molecule has 0 amide bonds. The predicted octanol–water partition coefficient (Wildman–Crippen LogP) is 1.89. The van der Waals surface area contributed by atoms with Crippen molar-refractivity contribution in [3.63, 3.8) is 0 Å². The second-order valence-corrected chi connectivity index (χ2v) is 6.01. The zero-order valence-electron chi connectivity index (χ0n) is 13.0. The zero-order chi connectivity index (χ0) is 14.5. The fourth-order valence-electron chi connectivity index (χ4n) is 3.27. The van der Waals surface area contributed by atoms with Crippen LogP contribution in [0.15, 0.2) is 24.5 Å². The van der Waals surface area contributed by atoms with Gasteiger partial charge in [0.2, 0.25) is 0 Å². The summed E-state index contributed by atoms with van der Waals surface area (Å²) in [4.78, 5) is 9.02. The Morgan fingerprint density at radius 3 is 2.70 bits per heavy atom. The summed E-state index contributed by atoms with van der Waals surface area (Å²) in [5, 5.41) is 0. The standard InChI is InChI=1S/C16H28N4/c1-4-15(17)16(13-7-9-18-10-8-13)20(3)12-14-6-5-11-19(14)2/h7-10,14-16H,4-6,11-12,17H2,1-3H3. The fraction of sp³-hybridized carbons (Fsp3) is 0.688. The highest BCUT2D eigenvalue weighted by atomic mass is 15.2. The van der Waals surface area contributed by atoms with Gasteiger partial charge in [-0.1, -0.05) is 6.92 Å². The number of pyridine rings is 1. The summed E-state index contributed by atoms with van der Waals surface area (Å²) in [6, 6.07) is 5.28. The largest absolute Gasteiger partial charge is 0.326 e. The maximum Gasteiger partial charge on any atom is 0.0497 e. The van der Waals surface area contributed by atoms with Crippen LogP contribution < -0.4 is 5.73 Å². The molecular weight excluding hydrogens is 248 g/mol. The molecule has 2 rings (SSSR count). The van der Waals surface area contributed by atoms with Crippen molar-refractivity contribution >= 4 is 0 Å². The summed E-state index contributed by atoms with van der Waals surface area (Å²) < 4.78 is 0. The number of likely N-dealkylation sites (N-methyl/N-ethyl adjacent to an activating group) is 2. The highest BCUT2D eigenvalue weighted by Crippen LogP contribution is 2.25. The van der Waals surface area contributed by atoms with Gasteiger partial charge in [0.15, 0.2) is 0 Å². The molecular formula is C16H28N4. The molecule has 20 heavy (non-hydrogen) atoms. The second-order valence-electron chi connectivity index (χ2n) is 6.01. The van der Waals surface area contributed by atoms with Gasteiger partial charge in [0.05, 0.1) is 0 Å². The fourth-order valence-corrected chi connectivity index (χ4v) is 3.27. The van der Waals surface area contributed by atoms with E-state index >= 15 is 0 Å². The van der Waals surface area contributed by atoms with Crippen LogP contribution in [0.3, 0.4) is 0 Å². The van der Waals surface area contributed by atoms with E-state index in [2.05, 4.69) is 47.9 Å². The molecule has 4 heteroatoms. The monoisotopic (exact) mass is 276 g/mol. The maximum absolute atomic E-state index is 6.38. The quantitative estimate of drug-likeness (QED) is 0.862. The number of likely N-dealkylation sites (tertiary alicyclic amines) is 1. The Labute approximate surface area is 123 Å². The van der Waals surface area contributed by atoms with Gasteiger partial charge in [-0.25, -0.2) is 0 Å². The van der Waals surface area contributed by atoms with Crippen LogP contribution in [0.5, 0.6) is 0 Å². The molecule has 1 aromatic rings. The maximum atomic E-state index is 6.38. The van der Waals surface area contributed by atoms with E-state index in [-0.39, 0.29) is 12.1 Å². The molecule has 0 spiro atoms. The molecule has 112 valence electrons. The van der Waals surface area contributed by atoms with E-state index in [4.69, 9.17) is 5.73 Å². The highest BCUT2D eigenvalue weighted by molar-refractivity contribution is 5.17. The van der Waals surface area contributed by atoms with Crippen LogP contribution in [-0.2, 0) is 0 Å². The first kappa shape index (κ1) is 15.4. The van der Waals surface area contributed by atoms with Crippen LogP contribution in [0, 0.1) is 0 Å². The third-order valence-electron chi connectivity index (χ3n) is 4.57. The third kappa shape index (κ3) is 3.57. The number of nitrogens with two attached hydrogens (primary N) is 1. The van der Waals surface area contributed by atoms with E-state index in [0.717, 1.165) is 13.0 Å². The lowest BCUT2D eigenvalue weighted by Gasteiger charge is -2.35. The molecule has 0 bridgehead atoms. The van der Waals surface area contributed by atoms with Crippen molar-refractivity contribution in [3.8, 4) is 0 Å². The molecule has 2 heterocycles. The van der Waals surface area contributed by atoms with Gasteiger partial charge in [0, 0.05) is 37.1 Å². The molecule has 4 nitrogen and oxygen atoms in total. The summed E-state index contributed by atoms with van der Waals surface area (Å²) in [5.41, 5.74) is 7.66. The minimum Gasteiger partial charge on any atom is -0.326 e. The Morgan fingerprint density at radius 2 is 2.15 bits per heavy atom. The van der Waals surface area contributed by atoms with E-state index in [1.807, 2.05) is 12.4 Å². The number of hydrogen-bond donors (Lipinski definition) is 1. The van der Waals surface area contributed by atoms with Gasteiger partial charge in [0.25, 0.3) is 0 Å². The molecule has 1 aromatic heterocycles. The molecule has 2 N–H and O–H groups in total. The summed E-state index contributed by atoms with van der Waals surface area (Å²) >= 11 is 0. The van der Waals surface area contributed by atoms with E-state index < -0.39 is 0 Å². The summed E-state index contributed by atoms with van der Waals surface area (Å²) in [7, 11) is 4.43. The van der Waals surface area contributed by atoms with Crippen LogP contribution in [0.2, 0.25) is 0 Å². The van der Waals surface area contributed by atoms with Crippen LogP contribution >= 0.6 is 0 Å². The average Bonchev–Trinajstić information content (AvgIpc) is 2.85. The predicted molar refractivity (Wildman–Crippen MR) is 83.5 cm³/mol. The van der Waals surface area contributed by atoms with E-state index in [0.29, 0.717) is 6.04 Å². The molecule has 1 aliphatic rings. The second kappa shape index (κ2) is 7.16. The van der Waals surface area contributed by atoms with Gasteiger partial charge in [-0.3, -0.25) is 9.88 Å². The lowest BCUT2D eigenvalue weighted by molar-refractivity contribution is 0.157. The molecule has 1 aliphatic heterocycles. The highest BCUT2D eigenvalue weighted by Gasteiger charge is 2.28. The normalized spacial score (nSPS) is 23.1. The Kier molecular flexibility index (Phi) is 5.52. The van der Waals surface area contributed by atoms with Gasteiger partial charge in [-0.05, 0) is 57.6 Å². The molecule has 0 saturated carbocycles. The lowest BCUT2D eigenvalue weighted by atomic mass is 9.97. The summed E-state index contributed by atoms with van der Waals surface area (Å²) in [5.74, 6) is 0. The SMILES string of the molecule is CCC(N)C(c1ccncc1)N(C)CC1CCCN1C. The van der Waals surface area contributed by atoms with Crippen molar-refractivity contribution < 1.29 is 0 Å². The van der Waals surface area contributed by atoms with E-state index in [1.165, 1.54) is 24.9 Å². The summed E-state index contributed by atoms with van der Waals surface area (Å²) in [6.07, 6.45) is 7.32. The molecule has 0 aromatic carbocycles. The minimum absolute atomic E-state index is 0.161. The van der Waals surface area contributed by atoms with Crippen molar-refractivity contribution in [2.45, 2.75) is 44.3 Å². The Hall–Kier alpha value is -0.970. The van der Waals surface area contributed by atoms with Crippen molar-refractivity contribution in [1.82, 2.24) is 14.8 Å².